The fourth-order valence-electron chi connectivity index (χ4n) is 2.75. The van der Waals surface area contributed by atoms with Gasteiger partial charge < -0.3 is 10.6 Å². The van der Waals surface area contributed by atoms with Crippen LogP contribution in [0.5, 0.6) is 0 Å². The van der Waals surface area contributed by atoms with E-state index in [2.05, 4.69) is 26.1 Å². The first-order valence-corrected chi connectivity index (χ1v) is 10.5. The van der Waals surface area contributed by atoms with Gasteiger partial charge in [-0.25, -0.2) is 4.79 Å². The van der Waals surface area contributed by atoms with Crippen molar-refractivity contribution in [3.8, 4) is 10.6 Å². The van der Waals surface area contributed by atoms with Crippen molar-refractivity contribution in [1.82, 2.24) is 15.5 Å². The van der Waals surface area contributed by atoms with Crippen molar-refractivity contribution in [3.05, 3.63) is 59.7 Å². The maximum absolute atomic E-state index is 12.8. The van der Waals surface area contributed by atoms with E-state index in [1.807, 2.05) is 76.2 Å². The summed E-state index contributed by atoms with van der Waals surface area (Å²) in [5, 5.41) is 17.6. The molecule has 0 aliphatic heterocycles. The third-order valence-electron chi connectivity index (χ3n) is 4.50. The molecule has 3 rings (SSSR count). The minimum absolute atomic E-state index is 0.113. The van der Waals surface area contributed by atoms with Crippen molar-refractivity contribution in [3.63, 3.8) is 0 Å². The number of nitrogens with one attached hydrogen (secondary N) is 3. The van der Waals surface area contributed by atoms with Gasteiger partial charge in [-0.3, -0.25) is 10.1 Å². The number of rotatable bonds is 6. The molecule has 3 amide bonds. The predicted molar refractivity (Wildman–Crippen MR) is 121 cm³/mol. The van der Waals surface area contributed by atoms with Gasteiger partial charge in [-0.15, -0.1) is 10.2 Å². The number of aromatic nitrogens is 2. The third-order valence-corrected chi connectivity index (χ3v) is 5.39. The number of aryl methyl sites for hydroxylation is 2. The second-order valence-corrected chi connectivity index (χ2v) is 8.43. The van der Waals surface area contributed by atoms with Gasteiger partial charge in [-0.2, -0.15) is 0 Å². The number of urea groups is 1. The Hall–Kier alpha value is -3.26. The molecule has 0 aliphatic carbocycles. The maximum Gasteiger partial charge on any atom is 0.319 e. The van der Waals surface area contributed by atoms with E-state index in [1.165, 1.54) is 11.3 Å². The molecule has 7 nitrogen and oxygen atoms in total. The van der Waals surface area contributed by atoms with Crippen molar-refractivity contribution >= 4 is 34.1 Å². The molecule has 8 heteroatoms. The zero-order valence-electron chi connectivity index (χ0n) is 17.4. The Balaban J connectivity index is 1.63. The lowest BCUT2D eigenvalue weighted by Crippen LogP contribution is -2.48. The minimum Gasteiger partial charge on any atom is -0.326 e. The summed E-state index contributed by atoms with van der Waals surface area (Å²) in [7, 11) is 0. The standard InChI is InChI=1S/C22H25N5O2S/c1-13(2)18(24-21(29)23-17-11-7-15(4)8-12-17)19(28)25-22-27-26-20(30-22)16-9-5-14(3)6-10-16/h5-13,18H,1-4H3,(H2,23,24,29)(H,25,27,28). The van der Waals surface area contributed by atoms with Crippen LogP contribution in [0.1, 0.15) is 25.0 Å². The molecule has 0 radical (unpaired) electrons. The van der Waals surface area contributed by atoms with Crippen LogP contribution in [-0.2, 0) is 4.79 Å². The average molecular weight is 424 g/mol. The summed E-state index contributed by atoms with van der Waals surface area (Å²) in [5.74, 6) is -0.450. The number of anilines is 2. The first-order valence-electron chi connectivity index (χ1n) is 9.67. The van der Waals surface area contributed by atoms with Crippen molar-refractivity contribution in [2.45, 2.75) is 33.7 Å². The third kappa shape index (κ3) is 5.64. The Morgan fingerprint density at radius 2 is 1.47 bits per heavy atom. The number of nitrogens with zero attached hydrogens (tertiary/aromatic N) is 2. The molecule has 0 bridgehead atoms. The molecule has 156 valence electrons. The van der Waals surface area contributed by atoms with Crippen LogP contribution in [0.4, 0.5) is 15.6 Å². The molecule has 1 heterocycles. The quantitative estimate of drug-likeness (QED) is 0.540. The van der Waals surface area contributed by atoms with Crippen LogP contribution < -0.4 is 16.0 Å². The molecule has 0 saturated heterocycles. The van der Waals surface area contributed by atoms with Crippen LogP contribution in [-0.4, -0.2) is 28.2 Å². The smallest absolute Gasteiger partial charge is 0.319 e. The van der Waals surface area contributed by atoms with E-state index in [1.54, 1.807) is 0 Å². The number of carbonyl (C=O) groups is 2. The molecule has 1 atom stereocenters. The maximum atomic E-state index is 12.8. The molecule has 30 heavy (non-hydrogen) atoms. The number of carbonyl (C=O) groups excluding carboxylic acids is 2. The van der Waals surface area contributed by atoms with Crippen LogP contribution in [0.15, 0.2) is 48.5 Å². The van der Waals surface area contributed by atoms with E-state index < -0.39 is 12.1 Å². The summed E-state index contributed by atoms with van der Waals surface area (Å²) in [6.45, 7) is 7.73. The fraction of sp³-hybridized carbons (Fsp3) is 0.273. The summed E-state index contributed by atoms with van der Waals surface area (Å²) >= 11 is 1.29. The highest BCUT2D eigenvalue weighted by atomic mass is 32.1. The molecule has 0 saturated carbocycles. The monoisotopic (exact) mass is 423 g/mol. The van der Waals surface area contributed by atoms with Gasteiger partial charge in [-0.05, 0) is 31.9 Å². The van der Waals surface area contributed by atoms with Gasteiger partial charge in [-0.1, -0.05) is 72.7 Å². The summed E-state index contributed by atoms with van der Waals surface area (Å²) in [6, 6.07) is 14.2. The fourth-order valence-corrected chi connectivity index (χ4v) is 3.50. The second-order valence-electron chi connectivity index (χ2n) is 7.45. The lowest BCUT2D eigenvalue weighted by Gasteiger charge is -2.21. The van der Waals surface area contributed by atoms with Gasteiger partial charge >= 0.3 is 6.03 Å². The van der Waals surface area contributed by atoms with E-state index in [4.69, 9.17) is 0 Å². The molecular weight excluding hydrogens is 398 g/mol. The number of amides is 3. The van der Waals surface area contributed by atoms with Gasteiger partial charge in [0.2, 0.25) is 11.0 Å². The summed E-state index contributed by atoms with van der Waals surface area (Å²) in [6.07, 6.45) is 0. The Morgan fingerprint density at radius 3 is 2.07 bits per heavy atom. The zero-order valence-corrected chi connectivity index (χ0v) is 18.2. The highest BCUT2D eigenvalue weighted by Gasteiger charge is 2.25. The van der Waals surface area contributed by atoms with Crippen molar-refractivity contribution in [2.75, 3.05) is 10.6 Å². The first kappa shape index (κ1) is 21.4. The van der Waals surface area contributed by atoms with Crippen molar-refractivity contribution < 1.29 is 9.59 Å². The molecule has 0 spiro atoms. The Kier molecular flexibility index (Phi) is 6.79. The second kappa shape index (κ2) is 9.49. The van der Waals surface area contributed by atoms with Gasteiger partial charge in [0.1, 0.15) is 11.0 Å². The highest BCUT2D eigenvalue weighted by Crippen LogP contribution is 2.26. The number of hydrogen-bond donors (Lipinski definition) is 3. The SMILES string of the molecule is Cc1ccc(NC(=O)NC(C(=O)Nc2nnc(-c3ccc(C)cc3)s2)C(C)C)cc1. The van der Waals surface area contributed by atoms with E-state index in [0.717, 1.165) is 21.7 Å². The Labute approximate surface area is 179 Å². The van der Waals surface area contributed by atoms with Gasteiger partial charge in [0.05, 0.1) is 0 Å². The summed E-state index contributed by atoms with van der Waals surface area (Å²) in [5.41, 5.74) is 3.86. The summed E-state index contributed by atoms with van der Waals surface area (Å²) in [4.78, 5) is 25.1. The van der Waals surface area contributed by atoms with Gasteiger partial charge in [0, 0.05) is 11.3 Å². The molecule has 1 aromatic heterocycles. The molecular formula is C22H25N5O2S. The number of hydrogen-bond acceptors (Lipinski definition) is 5. The average Bonchev–Trinajstić information content (AvgIpc) is 3.16. The molecule has 2 aromatic carbocycles. The van der Waals surface area contributed by atoms with Crippen LogP contribution in [0.25, 0.3) is 10.6 Å². The van der Waals surface area contributed by atoms with Crippen LogP contribution in [0, 0.1) is 19.8 Å². The first-order chi connectivity index (χ1) is 14.3. The van der Waals surface area contributed by atoms with Crippen LogP contribution in [0.2, 0.25) is 0 Å². The zero-order chi connectivity index (χ0) is 21.7. The molecule has 0 aliphatic rings. The topological polar surface area (TPSA) is 96.0 Å². The minimum atomic E-state index is -0.720. The molecule has 0 fully saturated rings. The predicted octanol–water partition coefficient (Wildman–Crippen LogP) is 4.61. The largest absolute Gasteiger partial charge is 0.326 e. The highest BCUT2D eigenvalue weighted by molar-refractivity contribution is 7.18. The van der Waals surface area contributed by atoms with E-state index in [0.29, 0.717) is 10.8 Å². The molecule has 3 aromatic rings. The van der Waals surface area contributed by atoms with Crippen LogP contribution >= 0.6 is 11.3 Å². The lowest BCUT2D eigenvalue weighted by molar-refractivity contribution is -0.118. The van der Waals surface area contributed by atoms with Gasteiger partial charge in [0.25, 0.3) is 0 Å². The van der Waals surface area contributed by atoms with Crippen LogP contribution in [0.3, 0.4) is 0 Å². The van der Waals surface area contributed by atoms with E-state index >= 15 is 0 Å². The normalized spacial score (nSPS) is 11.8. The van der Waals surface area contributed by atoms with Crippen molar-refractivity contribution in [1.29, 1.82) is 0 Å². The van der Waals surface area contributed by atoms with E-state index in [9.17, 15) is 9.59 Å². The van der Waals surface area contributed by atoms with Gasteiger partial charge in [0.15, 0.2) is 0 Å². The van der Waals surface area contributed by atoms with Crippen molar-refractivity contribution in [2.24, 2.45) is 5.92 Å². The Morgan fingerprint density at radius 1 is 0.867 bits per heavy atom. The molecule has 3 N–H and O–H groups in total. The van der Waals surface area contributed by atoms with E-state index in [-0.39, 0.29) is 11.8 Å². The Bertz CT molecular complexity index is 1010. The number of benzene rings is 2. The lowest BCUT2D eigenvalue weighted by atomic mass is 10.0. The molecule has 1 unspecified atom stereocenters. The summed E-state index contributed by atoms with van der Waals surface area (Å²) < 4.78 is 0.